The molecule has 1 unspecified atom stereocenters. The van der Waals surface area contributed by atoms with E-state index in [1.165, 1.54) is 16.4 Å². The number of benzene rings is 1. The highest BCUT2D eigenvalue weighted by Crippen LogP contribution is 2.39. The Balaban J connectivity index is 2.13. The van der Waals surface area contributed by atoms with Crippen molar-refractivity contribution in [2.24, 2.45) is 0 Å². The van der Waals surface area contributed by atoms with Gasteiger partial charge in [0.2, 0.25) is 0 Å². The van der Waals surface area contributed by atoms with Crippen molar-refractivity contribution in [2.45, 2.75) is 58.5 Å². The number of aryl methyl sites for hydroxylation is 1. The second-order valence-electron chi connectivity index (χ2n) is 6.74. The fourth-order valence-corrected chi connectivity index (χ4v) is 3.35. The summed E-state index contributed by atoms with van der Waals surface area (Å²) in [6, 6.07) is 3.98. The van der Waals surface area contributed by atoms with E-state index in [1.54, 1.807) is 0 Å². The summed E-state index contributed by atoms with van der Waals surface area (Å²) >= 11 is 2.41. The fraction of sp³-hybridized carbons (Fsp3) is 0.500. The third-order valence-electron chi connectivity index (χ3n) is 4.17. The number of allylic oxidation sites excluding steroid dienone is 2. The summed E-state index contributed by atoms with van der Waals surface area (Å²) in [7, 11) is 0. The molecule has 1 aliphatic heterocycles. The second-order valence-corrected chi connectivity index (χ2v) is 7.82. The first kappa shape index (κ1) is 18.4. The third-order valence-corrected chi connectivity index (χ3v) is 4.93. The molecule has 1 aromatic rings. The van der Waals surface area contributed by atoms with Crippen LogP contribution in [0.25, 0.3) is 6.08 Å². The Hall–Kier alpha value is -0.970. The van der Waals surface area contributed by atoms with Crippen LogP contribution in [0.5, 0.6) is 11.5 Å². The summed E-state index contributed by atoms with van der Waals surface area (Å²) in [6.07, 6.45) is 11.6. The maximum Gasteiger partial charge on any atom is 0.131 e. The molecule has 23 heavy (non-hydrogen) atoms. The number of phenolic OH excluding ortho intramolecular Hbond substituents is 1. The average molecular weight is 426 g/mol. The molecule has 0 amide bonds. The van der Waals surface area contributed by atoms with E-state index in [0.29, 0.717) is 5.75 Å². The molecule has 3 heteroatoms. The first-order valence-electron chi connectivity index (χ1n) is 8.37. The van der Waals surface area contributed by atoms with E-state index in [-0.39, 0.29) is 5.60 Å². The van der Waals surface area contributed by atoms with Crippen LogP contribution in [-0.2, 0) is 6.42 Å². The average Bonchev–Trinajstić information content (AvgIpc) is 2.46. The van der Waals surface area contributed by atoms with Crippen LogP contribution in [0.2, 0.25) is 0 Å². The lowest BCUT2D eigenvalue weighted by molar-refractivity contribution is 0.128. The lowest BCUT2D eigenvalue weighted by atomic mass is 9.93. The minimum atomic E-state index is -0.299. The van der Waals surface area contributed by atoms with Crippen LogP contribution in [0.3, 0.4) is 0 Å². The van der Waals surface area contributed by atoms with Gasteiger partial charge in [0.15, 0.2) is 0 Å². The molecule has 1 heterocycles. The van der Waals surface area contributed by atoms with Gasteiger partial charge in [-0.2, -0.15) is 0 Å². The zero-order valence-corrected chi connectivity index (χ0v) is 16.5. The summed E-state index contributed by atoms with van der Waals surface area (Å²) in [5.41, 5.74) is 3.01. The second kappa shape index (κ2) is 8.22. The number of hydrogen-bond acceptors (Lipinski definition) is 2. The summed E-state index contributed by atoms with van der Waals surface area (Å²) in [5.74, 6) is 1.14. The highest BCUT2D eigenvalue weighted by Gasteiger charge is 2.28. The summed E-state index contributed by atoms with van der Waals surface area (Å²) in [6.45, 7) is 6.36. The van der Waals surface area contributed by atoms with Gasteiger partial charge in [-0.15, -0.1) is 0 Å². The first-order valence-corrected chi connectivity index (χ1v) is 9.89. The quantitative estimate of drug-likeness (QED) is 0.249. The van der Waals surface area contributed by atoms with Crippen molar-refractivity contribution in [3.8, 4) is 11.5 Å². The standard InChI is InChI=1S/C20H27IO2/c1-15(2)7-6-10-20(3)11-9-17-18(22)13-16(8-4-5-12-21)14-19(17)23-20/h7,9,11,13-14,22H,4-6,8,10,12H2,1-3H3. The van der Waals surface area contributed by atoms with Gasteiger partial charge >= 0.3 is 0 Å². The normalized spacial score (nSPS) is 19.1. The van der Waals surface area contributed by atoms with E-state index in [9.17, 15) is 5.11 Å². The van der Waals surface area contributed by atoms with Gasteiger partial charge in [0.05, 0.1) is 5.56 Å². The fourth-order valence-electron chi connectivity index (χ4n) is 2.81. The smallest absolute Gasteiger partial charge is 0.131 e. The van der Waals surface area contributed by atoms with Crippen molar-refractivity contribution in [3.63, 3.8) is 0 Å². The van der Waals surface area contributed by atoms with Gasteiger partial charge in [0, 0.05) is 0 Å². The number of unbranched alkanes of at least 4 members (excludes halogenated alkanes) is 1. The minimum Gasteiger partial charge on any atom is -0.507 e. The van der Waals surface area contributed by atoms with E-state index < -0.39 is 0 Å². The molecule has 0 saturated carbocycles. The molecule has 0 spiro atoms. The van der Waals surface area contributed by atoms with Crippen LogP contribution in [0.1, 0.15) is 57.6 Å². The molecule has 2 nitrogen and oxygen atoms in total. The molecule has 126 valence electrons. The van der Waals surface area contributed by atoms with Crippen LogP contribution in [0.15, 0.2) is 29.9 Å². The van der Waals surface area contributed by atoms with Gasteiger partial charge in [-0.3, -0.25) is 0 Å². The molecule has 1 aromatic carbocycles. The maximum atomic E-state index is 10.3. The zero-order chi connectivity index (χ0) is 16.9. The topological polar surface area (TPSA) is 29.5 Å². The minimum absolute atomic E-state index is 0.299. The SMILES string of the molecule is CC(C)=CCCC1(C)C=Cc2c(O)cc(CCCCI)cc2O1. The predicted molar refractivity (Wildman–Crippen MR) is 107 cm³/mol. The van der Waals surface area contributed by atoms with Crippen molar-refractivity contribution < 1.29 is 9.84 Å². The highest BCUT2D eigenvalue weighted by molar-refractivity contribution is 14.1. The Bertz CT molecular complexity index is 600. The molecular formula is C20H27IO2. The van der Waals surface area contributed by atoms with E-state index in [1.807, 2.05) is 12.1 Å². The number of alkyl halides is 1. The van der Waals surface area contributed by atoms with Crippen LogP contribution in [0, 0.1) is 0 Å². The van der Waals surface area contributed by atoms with Crippen molar-refractivity contribution in [1.82, 2.24) is 0 Å². The number of hydrogen-bond donors (Lipinski definition) is 1. The van der Waals surface area contributed by atoms with Crippen molar-refractivity contribution >= 4 is 28.7 Å². The van der Waals surface area contributed by atoms with E-state index in [2.05, 4.69) is 61.6 Å². The number of aromatic hydroxyl groups is 1. The molecule has 1 N–H and O–H groups in total. The lowest BCUT2D eigenvalue weighted by Crippen LogP contribution is -2.31. The summed E-state index contributed by atoms with van der Waals surface area (Å²) < 4.78 is 7.43. The molecule has 0 saturated heterocycles. The molecule has 0 aromatic heterocycles. The first-order chi connectivity index (χ1) is 10.9. The molecular weight excluding hydrogens is 399 g/mol. The molecule has 2 rings (SSSR count). The van der Waals surface area contributed by atoms with Crippen LogP contribution >= 0.6 is 22.6 Å². The molecule has 0 bridgehead atoms. The molecule has 0 aliphatic carbocycles. The molecule has 0 radical (unpaired) electrons. The maximum absolute atomic E-state index is 10.3. The molecule has 1 aliphatic rings. The van der Waals surface area contributed by atoms with Gasteiger partial charge in [0.25, 0.3) is 0 Å². The van der Waals surface area contributed by atoms with Gasteiger partial charge in [-0.25, -0.2) is 0 Å². The van der Waals surface area contributed by atoms with E-state index in [4.69, 9.17) is 4.74 Å². The molecule has 1 atom stereocenters. The highest BCUT2D eigenvalue weighted by atomic mass is 127. The predicted octanol–water partition coefficient (Wildman–Crippen LogP) is 6.06. The van der Waals surface area contributed by atoms with Gasteiger partial charge < -0.3 is 9.84 Å². The van der Waals surface area contributed by atoms with Crippen LogP contribution < -0.4 is 4.74 Å². The lowest BCUT2D eigenvalue weighted by Gasteiger charge is -2.32. The number of rotatable bonds is 7. The van der Waals surface area contributed by atoms with Crippen molar-refractivity contribution in [1.29, 1.82) is 0 Å². The Labute approximate surface area is 153 Å². The Morgan fingerprint density at radius 1 is 1.30 bits per heavy atom. The Morgan fingerprint density at radius 3 is 2.78 bits per heavy atom. The van der Waals surface area contributed by atoms with Crippen LogP contribution in [-0.4, -0.2) is 15.1 Å². The van der Waals surface area contributed by atoms with Gasteiger partial charge in [0.1, 0.15) is 17.1 Å². The number of ether oxygens (including phenoxy) is 1. The van der Waals surface area contributed by atoms with E-state index in [0.717, 1.165) is 42.6 Å². The third kappa shape index (κ3) is 5.27. The summed E-state index contributed by atoms with van der Waals surface area (Å²) in [5, 5.41) is 10.3. The number of phenols is 1. The Morgan fingerprint density at radius 2 is 2.09 bits per heavy atom. The summed E-state index contributed by atoms with van der Waals surface area (Å²) in [4.78, 5) is 0. The van der Waals surface area contributed by atoms with E-state index >= 15 is 0 Å². The van der Waals surface area contributed by atoms with Crippen LogP contribution in [0.4, 0.5) is 0 Å². The number of halogens is 1. The Kier molecular flexibility index (Phi) is 6.57. The van der Waals surface area contributed by atoms with Gasteiger partial charge in [-0.05, 0) is 87.2 Å². The zero-order valence-electron chi connectivity index (χ0n) is 14.4. The molecule has 0 fully saturated rings. The monoisotopic (exact) mass is 426 g/mol. The largest absolute Gasteiger partial charge is 0.507 e. The van der Waals surface area contributed by atoms with Crippen molar-refractivity contribution in [3.05, 3.63) is 41.0 Å². The van der Waals surface area contributed by atoms with Gasteiger partial charge in [-0.1, -0.05) is 34.2 Å². The van der Waals surface area contributed by atoms with Crippen molar-refractivity contribution in [2.75, 3.05) is 4.43 Å². The number of fused-ring (bicyclic) bond motifs is 1.